The first kappa shape index (κ1) is 27.7. The summed E-state index contributed by atoms with van der Waals surface area (Å²) in [6.45, 7) is 5.38. The van der Waals surface area contributed by atoms with Crippen molar-refractivity contribution in [2.24, 2.45) is 11.8 Å². The SMILES string of the molecule is CCCCCCCCCc1ccc2c(c1)CNC(c1ccc(OC(=O)C3CCC(CCC)CC3)cc1)N2. The fourth-order valence-corrected chi connectivity index (χ4v) is 6.02. The van der Waals surface area contributed by atoms with E-state index in [1.807, 2.05) is 12.1 Å². The average molecular weight is 505 g/mol. The van der Waals surface area contributed by atoms with Crippen molar-refractivity contribution in [1.82, 2.24) is 5.32 Å². The van der Waals surface area contributed by atoms with Gasteiger partial charge in [-0.3, -0.25) is 10.1 Å². The van der Waals surface area contributed by atoms with Crippen molar-refractivity contribution in [3.8, 4) is 5.75 Å². The Hall–Kier alpha value is -2.33. The molecule has 1 saturated carbocycles. The van der Waals surface area contributed by atoms with Gasteiger partial charge >= 0.3 is 5.97 Å². The highest BCUT2D eigenvalue weighted by Gasteiger charge is 2.27. The molecular weight excluding hydrogens is 456 g/mol. The van der Waals surface area contributed by atoms with E-state index in [4.69, 9.17) is 4.74 Å². The average Bonchev–Trinajstić information content (AvgIpc) is 2.93. The van der Waals surface area contributed by atoms with Gasteiger partial charge in [-0.15, -0.1) is 0 Å². The van der Waals surface area contributed by atoms with Crippen molar-refractivity contribution < 1.29 is 9.53 Å². The van der Waals surface area contributed by atoms with Gasteiger partial charge in [-0.25, -0.2) is 0 Å². The number of carbonyl (C=O) groups excluding carboxylic acids is 1. The first-order chi connectivity index (χ1) is 18.2. The molecule has 1 unspecified atom stereocenters. The summed E-state index contributed by atoms with van der Waals surface area (Å²) >= 11 is 0. The molecule has 1 heterocycles. The Labute approximate surface area is 225 Å². The van der Waals surface area contributed by atoms with Crippen LogP contribution in [0, 0.1) is 11.8 Å². The molecule has 0 spiro atoms. The van der Waals surface area contributed by atoms with Crippen molar-refractivity contribution in [2.45, 2.75) is 116 Å². The summed E-state index contributed by atoms with van der Waals surface area (Å²) in [5.41, 5.74) is 5.15. The molecule has 1 atom stereocenters. The monoisotopic (exact) mass is 504 g/mol. The third-order valence-corrected chi connectivity index (χ3v) is 8.34. The van der Waals surface area contributed by atoms with Gasteiger partial charge in [0.25, 0.3) is 0 Å². The predicted molar refractivity (Wildman–Crippen MR) is 154 cm³/mol. The van der Waals surface area contributed by atoms with Gasteiger partial charge in [-0.1, -0.05) is 89.5 Å². The van der Waals surface area contributed by atoms with Crippen LogP contribution in [0.5, 0.6) is 5.75 Å². The number of nitrogens with one attached hydrogen (secondary N) is 2. The van der Waals surface area contributed by atoms with Crippen molar-refractivity contribution in [1.29, 1.82) is 0 Å². The molecule has 1 aliphatic heterocycles. The number of aryl methyl sites for hydroxylation is 1. The van der Waals surface area contributed by atoms with E-state index in [0.29, 0.717) is 5.75 Å². The number of fused-ring (bicyclic) bond motifs is 1. The molecule has 1 fully saturated rings. The number of hydrogen-bond acceptors (Lipinski definition) is 4. The third kappa shape index (κ3) is 8.33. The van der Waals surface area contributed by atoms with Gasteiger partial charge < -0.3 is 10.1 Å². The second kappa shape index (κ2) is 14.6. The molecule has 202 valence electrons. The lowest BCUT2D eigenvalue weighted by atomic mass is 9.80. The Bertz CT molecular complexity index is 963. The molecule has 2 N–H and O–H groups in total. The Morgan fingerprint density at radius 1 is 0.865 bits per heavy atom. The molecule has 0 radical (unpaired) electrons. The molecule has 2 aromatic carbocycles. The van der Waals surface area contributed by atoms with Crippen LogP contribution in [0.2, 0.25) is 0 Å². The first-order valence-electron chi connectivity index (χ1n) is 15.1. The highest BCUT2D eigenvalue weighted by atomic mass is 16.5. The Balaban J connectivity index is 1.22. The minimum Gasteiger partial charge on any atom is -0.426 e. The molecule has 4 rings (SSSR count). The molecule has 37 heavy (non-hydrogen) atoms. The maximum absolute atomic E-state index is 12.7. The van der Waals surface area contributed by atoms with Crippen molar-refractivity contribution in [2.75, 3.05) is 5.32 Å². The maximum Gasteiger partial charge on any atom is 0.314 e. The van der Waals surface area contributed by atoms with Gasteiger partial charge in [0.1, 0.15) is 11.9 Å². The van der Waals surface area contributed by atoms with Crippen molar-refractivity contribution in [3.05, 3.63) is 59.2 Å². The number of anilines is 1. The van der Waals surface area contributed by atoms with E-state index in [2.05, 4.69) is 54.8 Å². The molecular formula is C33H48N2O2. The predicted octanol–water partition coefficient (Wildman–Crippen LogP) is 8.71. The lowest BCUT2D eigenvalue weighted by Gasteiger charge is -2.29. The van der Waals surface area contributed by atoms with Gasteiger partial charge in [0.05, 0.1) is 5.92 Å². The lowest BCUT2D eigenvalue weighted by Crippen LogP contribution is -2.32. The summed E-state index contributed by atoms with van der Waals surface area (Å²) in [5, 5.41) is 7.27. The van der Waals surface area contributed by atoms with Crippen LogP contribution < -0.4 is 15.4 Å². The summed E-state index contributed by atoms with van der Waals surface area (Å²) in [6, 6.07) is 14.9. The topological polar surface area (TPSA) is 50.4 Å². The largest absolute Gasteiger partial charge is 0.426 e. The summed E-state index contributed by atoms with van der Waals surface area (Å²) < 4.78 is 5.75. The second-order valence-corrected chi connectivity index (χ2v) is 11.3. The molecule has 0 bridgehead atoms. The highest BCUT2D eigenvalue weighted by molar-refractivity contribution is 5.75. The maximum atomic E-state index is 12.7. The number of unbranched alkanes of at least 4 members (excludes halogenated alkanes) is 6. The minimum absolute atomic E-state index is 0.0556. The number of hydrogen-bond donors (Lipinski definition) is 2. The molecule has 2 aromatic rings. The quantitative estimate of drug-likeness (QED) is 0.163. The van der Waals surface area contributed by atoms with E-state index in [1.54, 1.807) is 0 Å². The number of rotatable bonds is 13. The fraction of sp³-hybridized carbons (Fsp3) is 0.606. The zero-order valence-electron chi connectivity index (χ0n) is 23.2. The summed E-state index contributed by atoms with van der Waals surface area (Å²) in [7, 11) is 0. The van der Waals surface area contributed by atoms with Crippen LogP contribution >= 0.6 is 0 Å². The third-order valence-electron chi connectivity index (χ3n) is 8.34. The van der Waals surface area contributed by atoms with E-state index < -0.39 is 0 Å². The number of benzene rings is 2. The highest BCUT2D eigenvalue weighted by Crippen LogP contribution is 2.33. The van der Waals surface area contributed by atoms with E-state index in [9.17, 15) is 4.79 Å². The van der Waals surface area contributed by atoms with Crippen LogP contribution in [0.25, 0.3) is 0 Å². The van der Waals surface area contributed by atoms with Crippen molar-refractivity contribution >= 4 is 11.7 Å². The van der Waals surface area contributed by atoms with Crippen LogP contribution in [0.15, 0.2) is 42.5 Å². The molecule has 0 amide bonds. The van der Waals surface area contributed by atoms with Gasteiger partial charge in [-0.2, -0.15) is 0 Å². The fourth-order valence-electron chi connectivity index (χ4n) is 6.02. The zero-order chi connectivity index (χ0) is 25.9. The summed E-state index contributed by atoms with van der Waals surface area (Å²) in [5.74, 6) is 1.45. The van der Waals surface area contributed by atoms with E-state index in [1.165, 1.54) is 81.0 Å². The lowest BCUT2D eigenvalue weighted by molar-refractivity contribution is -0.140. The van der Waals surface area contributed by atoms with Gasteiger partial charge in [0, 0.05) is 12.2 Å². The van der Waals surface area contributed by atoms with Crippen LogP contribution in [0.3, 0.4) is 0 Å². The van der Waals surface area contributed by atoms with Crippen LogP contribution in [0.1, 0.15) is 120 Å². The first-order valence-corrected chi connectivity index (χ1v) is 15.1. The molecule has 4 nitrogen and oxygen atoms in total. The molecule has 1 aliphatic carbocycles. The van der Waals surface area contributed by atoms with Crippen molar-refractivity contribution in [3.63, 3.8) is 0 Å². The minimum atomic E-state index is -0.0576. The van der Waals surface area contributed by atoms with E-state index >= 15 is 0 Å². The second-order valence-electron chi connectivity index (χ2n) is 11.3. The number of esters is 1. The summed E-state index contributed by atoms with van der Waals surface area (Å²) in [4.78, 5) is 12.7. The Morgan fingerprint density at radius 2 is 1.59 bits per heavy atom. The van der Waals surface area contributed by atoms with Gasteiger partial charge in [0.2, 0.25) is 0 Å². The standard InChI is InChI=1S/C33H48N2O2/c1-3-5-6-7-8-9-10-12-26-15-22-31-29(23-26)24-34-32(35-31)27-18-20-30(21-19-27)37-33(36)28-16-13-25(11-4-2)14-17-28/h15,18-23,25,28,32,34-35H,3-14,16-17,24H2,1-2H3. The molecule has 4 heteroatoms. The number of carbonyl (C=O) groups is 1. The molecule has 0 aromatic heterocycles. The van der Waals surface area contributed by atoms with E-state index in [0.717, 1.165) is 43.7 Å². The van der Waals surface area contributed by atoms with Crippen LogP contribution in [0.4, 0.5) is 5.69 Å². The number of ether oxygens (including phenoxy) is 1. The normalized spacial score (nSPS) is 21.2. The Morgan fingerprint density at radius 3 is 2.32 bits per heavy atom. The summed E-state index contributed by atoms with van der Waals surface area (Å²) in [6.07, 6.45) is 17.5. The Kier molecular flexibility index (Phi) is 10.9. The van der Waals surface area contributed by atoms with Crippen LogP contribution in [-0.4, -0.2) is 5.97 Å². The van der Waals surface area contributed by atoms with Gasteiger partial charge in [-0.05, 0) is 79.3 Å². The molecule has 2 aliphatic rings. The van der Waals surface area contributed by atoms with Gasteiger partial charge in [0.15, 0.2) is 0 Å². The zero-order valence-corrected chi connectivity index (χ0v) is 23.2. The molecule has 0 saturated heterocycles. The van der Waals surface area contributed by atoms with E-state index in [-0.39, 0.29) is 18.1 Å². The smallest absolute Gasteiger partial charge is 0.314 e. The van der Waals surface area contributed by atoms with Crippen LogP contribution in [-0.2, 0) is 17.8 Å².